The molecule has 1 aliphatic heterocycles. The van der Waals surface area contributed by atoms with Crippen LogP contribution in [0.3, 0.4) is 0 Å². The second-order valence-corrected chi connectivity index (χ2v) is 8.48. The van der Waals surface area contributed by atoms with Crippen LogP contribution in [-0.4, -0.2) is 52.0 Å². The number of halogens is 1. The van der Waals surface area contributed by atoms with Crippen LogP contribution in [0.15, 0.2) is 54.7 Å². The van der Waals surface area contributed by atoms with Gasteiger partial charge in [0.1, 0.15) is 17.1 Å². The zero-order chi connectivity index (χ0) is 27.5. The second-order valence-electron chi connectivity index (χ2n) is 8.48. The van der Waals surface area contributed by atoms with Gasteiger partial charge in [-0.15, -0.1) is 0 Å². The van der Waals surface area contributed by atoms with E-state index in [1.165, 1.54) is 13.2 Å². The first-order valence-electron chi connectivity index (χ1n) is 11.7. The number of hydrogen-bond donors (Lipinski definition) is 3. The van der Waals surface area contributed by atoms with Gasteiger partial charge >= 0.3 is 5.97 Å². The van der Waals surface area contributed by atoms with Crippen molar-refractivity contribution in [3.05, 3.63) is 88.6 Å². The number of nitrogens with zero attached hydrogens (tertiary/aromatic N) is 3. The second kappa shape index (κ2) is 10.6. The molecular formula is C26H21FN6O6. The monoisotopic (exact) mass is 532 g/mol. The van der Waals surface area contributed by atoms with Gasteiger partial charge in [0.2, 0.25) is 0 Å². The molecule has 12 nitrogen and oxygen atoms in total. The van der Waals surface area contributed by atoms with E-state index in [9.17, 15) is 23.6 Å². The first-order valence-corrected chi connectivity index (χ1v) is 11.7. The minimum atomic E-state index is -0.803. The molecule has 0 spiro atoms. The van der Waals surface area contributed by atoms with E-state index in [1.54, 1.807) is 42.5 Å². The van der Waals surface area contributed by atoms with Crippen LogP contribution < -0.4 is 20.7 Å². The zero-order valence-corrected chi connectivity index (χ0v) is 20.5. The van der Waals surface area contributed by atoms with Crippen molar-refractivity contribution in [1.82, 2.24) is 25.2 Å². The fourth-order valence-corrected chi connectivity index (χ4v) is 3.88. The molecule has 198 valence electrons. The van der Waals surface area contributed by atoms with E-state index in [4.69, 9.17) is 4.74 Å². The lowest BCUT2D eigenvalue weighted by Crippen LogP contribution is -2.29. The van der Waals surface area contributed by atoms with Crippen LogP contribution in [0.2, 0.25) is 0 Å². The van der Waals surface area contributed by atoms with E-state index in [-0.39, 0.29) is 42.6 Å². The molecule has 39 heavy (non-hydrogen) atoms. The molecule has 1 aliphatic rings. The minimum Gasteiger partial charge on any atom is -0.482 e. The topological polar surface area (TPSA) is 153 Å². The highest BCUT2D eigenvalue weighted by Gasteiger charge is 2.21. The number of rotatable bonds is 7. The summed E-state index contributed by atoms with van der Waals surface area (Å²) in [5.74, 6) is -2.33. The number of aromatic nitrogens is 3. The fraction of sp³-hybridized carbons (Fsp3) is 0.154. The molecule has 0 radical (unpaired) electrons. The largest absolute Gasteiger partial charge is 0.482 e. The molecule has 3 heterocycles. The number of fused-ring (bicyclic) bond motifs is 2. The molecule has 13 heteroatoms. The Bertz CT molecular complexity index is 1620. The number of esters is 1. The molecule has 0 aliphatic carbocycles. The quantitative estimate of drug-likeness (QED) is 0.305. The molecule has 3 N–H and O–H groups in total. The van der Waals surface area contributed by atoms with Gasteiger partial charge in [-0.2, -0.15) is 5.10 Å². The third-order valence-corrected chi connectivity index (χ3v) is 5.85. The average Bonchev–Trinajstić information content (AvgIpc) is 3.34. The Kier molecular flexibility index (Phi) is 6.87. The summed E-state index contributed by atoms with van der Waals surface area (Å²) >= 11 is 0. The molecule has 0 atom stereocenters. The SMILES string of the molecule is COC(=O)c1ccc(CNC(=O)c2cc(C(=O)NCc3ccc4c(c3)NC(=O)CO4)nc3c(F)cnn23)cc1. The third-order valence-electron chi connectivity index (χ3n) is 5.85. The summed E-state index contributed by atoms with van der Waals surface area (Å²) in [5, 5.41) is 11.9. The summed E-state index contributed by atoms with van der Waals surface area (Å²) in [6, 6.07) is 12.7. The maximum atomic E-state index is 14.4. The van der Waals surface area contributed by atoms with E-state index < -0.39 is 23.6 Å². The number of methoxy groups -OCH3 is 1. The Morgan fingerprint density at radius 1 is 1.05 bits per heavy atom. The maximum absolute atomic E-state index is 14.4. The molecule has 0 fully saturated rings. The molecule has 0 saturated carbocycles. The summed E-state index contributed by atoms with van der Waals surface area (Å²) in [5.41, 5.74) is 1.62. The van der Waals surface area contributed by atoms with E-state index >= 15 is 0 Å². The first-order chi connectivity index (χ1) is 18.8. The molecule has 0 unspecified atom stereocenters. The molecular weight excluding hydrogens is 511 g/mol. The van der Waals surface area contributed by atoms with Crippen LogP contribution in [0.25, 0.3) is 5.65 Å². The third kappa shape index (κ3) is 5.37. The Morgan fingerprint density at radius 2 is 1.77 bits per heavy atom. The van der Waals surface area contributed by atoms with Crippen molar-refractivity contribution < 1.29 is 33.0 Å². The van der Waals surface area contributed by atoms with E-state index in [2.05, 4.69) is 30.8 Å². The molecule has 2 aromatic carbocycles. The van der Waals surface area contributed by atoms with Crippen molar-refractivity contribution in [1.29, 1.82) is 0 Å². The number of hydrogen-bond acceptors (Lipinski definition) is 8. The van der Waals surface area contributed by atoms with E-state index in [1.807, 2.05) is 0 Å². The molecule has 5 rings (SSSR count). The normalized spacial score (nSPS) is 12.2. The highest BCUT2D eigenvalue weighted by Crippen LogP contribution is 2.28. The minimum absolute atomic E-state index is 0.0691. The van der Waals surface area contributed by atoms with Gasteiger partial charge in [-0.25, -0.2) is 18.7 Å². The number of carbonyl (C=O) groups is 4. The number of nitrogens with one attached hydrogen (secondary N) is 3. The first kappa shape index (κ1) is 25.3. The Morgan fingerprint density at radius 3 is 2.54 bits per heavy atom. The summed E-state index contributed by atoms with van der Waals surface area (Å²) < 4.78 is 25.4. The number of amides is 3. The summed E-state index contributed by atoms with van der Waals surface area (Å²) in [6.07, 6.45) is 0.899. The van der Waals surface area contributed by atoms with Crippen LogP contribution in [0.1, 0.15) is 42.5 Å². The van der Waals surface area contributed by atoms with Gasteiger partial charge in [0, 0.05) is 19.2 Å². The van der Waals surface area contributed by atoms with Gasteiger partial charge in [-0.1, -0.05) is 18.2 Å². The molecule has 4 aromatic rings. The smallest absolute Gasteiger partial charge is 0.337 e. The molecule has 3 amide bonds. The van der Waals surface area contributed by atoms with Crippen LogP contribution in [0.5, 0.6) is 5.75 Å². The van der Waals surface area contributed by atoms with E-state index in [0.717, 1.165) is 10.7 Å². The summed E-state index contributed by atoms with van der Waals surface area (Å²) in [4.78, 5) is 53.1. The lowest BCUT2D eigenvalue weighted by atomic mass is 10.1. The lowest BCUT2D eigenvalue weighted by molar-refractivity contribution is -0.118. The van der Waals surface area contributed by atoms with Crippen LogP contribution in [-0.2, 0) is 22.6 Å². The number of ether oxygens (including phenoxy) is 2. The van der Waals surface area contributed by atoms with Crippen molar-refractivity contribution in [2.24, 2.45) is 0 Å². The summed E-state index contributed by atoms with van der Waals surface area (Å²) in [6.45, 7) is 0.0909. The average molecular weight is 532 g/mol. The van der Waals surface area contributed by atoms with Crippen molar-refractivity contribution in [3.8, 4) is 5.75 Å². The molecule has 0 saturated heterocycles. The number of carbonyl (C=O) groups excluding carboxylic acids is 4. The number of anilines is 1. The van der Waals surface area contributed by atoms with Gasteiger partial charge in [0.25, 0.3) is 17.7 Å². The standard InChI is InChI=1S/C26H21FN6O6/c1-38-26(37)16-5-2-14(3-6-16)10-29-25(36)20-9-19(32-23-17(27)12-30-33(20)23)24(35)28-11-15-4-7-21-18(8-15)31-22(34)13-39-21/h2-9,12H,10-11,13H2,1H3,(H,28,35)(H,29,36)(H,31,34). The maximum Gasteiger partial charge on any atom is 0.337 e. The lowest BCUT2D eigenvalue weighted by Gasteiger charge is -2.18. The predicted molar refractivity (Wildman–Crippen MR) is 134 cm³/mol. The summed E-state index contributed by atoms with van der Waals surface area (Å²) in [7, 11) is 1.28. The van der Waals surface area contributed by atoms with Gasteiger partial charge in [0.05, 0.1) is 24.6 Å². The number of benzene rings is 2. The van der Waals surface area contributed by atoms with Gasteiger partial charge in [0.15, 0.2) is 18.1 Å². The van der Waals surface area contributed by atoms with Crippen molar-refractivity contribution >= 4 is 35.0 Å². The fourth-order valence-electron chi connectivity index (χ4n) is 3.88. The van der Waals surface area contributed by atoms with Crippen LogP contribution >= 0.6 is 0 Å². The van der Waals surface area contributed by atoms with Crippen molar-refractivity contribution in [2.75, 3.05) is 19.0 Å². The van der Waals surface area contributed by atoms with Gasteiger partial charge in [-0.3, -0.25) is 14.4 Å². The van der Waals surface area contributed by atoms with Gasteiger partial charge < -0.3 is 25.4 Å². The predicted octanol–water partition coefficient (Wildman–Crippen LogP) is 1.85. The Hall–Kier alpha value is -5.33. The molecule has 0 bridgehead atoms. The van der Waals surface area contributed by atoms with Gasteiger partial charge in [-0.05, 0) is 35.4 Å². The van der Waals surface area contributed by atoms with E-state index in [0.29, 0.717) is 28.1 Å². The highest BCUT2D eigenvalue weighted by molar-refractivity contribution is 5.98. The highest BCUT2D eigenvalue weighted by atomic mass is 19.1. The molecule has 2 aromatic heterocycles. The van der Waals surface area contributed by atoms with Crippen molar-refractivity contribution in [3.63, 3.8) is 0 Å². The zero-order valence-electron chi connectivity index (χ0n) is 20.5. The van der Waals surface area contributed by atoms with Crippen molar-refractivity contribution in [2.45, 2.75) is 13.1 Å². The van der Waals surface area contributed by atoms with Crippen LogP contribution in [0, 0.1) is 5.82 Å². The van der Waals surface area contributed by atoms with Crippen LogP contribution in [0.4, 0.5) is 10.1 Å². The Balaban J connectivity index is 1.31. The Labute approximate surface area is 220 Å².